The van der Waals surface area contributed by atoms with Gasteiger partial charge in [-0.3, -0.25) is 0 Å². The summed E-state index contributed by atoms with van der Waals surface area (Å²) in [6.45, 7) is 7.02. The van der Waals surface area contributed by atoms with Crippen LogP contribution in [-0.4, -0.2) is 24.7 Å². The monoisotopic (exact) mass is 370 g/mol. The average molecular weight is 371 g/mol. The Bertz CT molecular complexity index is 541. The summed E-state index contributed by atoms with van der Waals surface area (Å²) in [7, 11) is 1.40. The molecule has 136 valence electrons. The molecule has 1 heterocycles. The Balaban J connectivity index is 2.36. The van der Waals surface area contributed by atoms with Crippen molar-refractivity contribution in [2.75, 3.05) is 19.0 Å². The van der Waals surface area contributed by atoms with Crippen molar-refractivity contribution in [3.05, 3.63) is 16.0 Å². The molecule has 0 radical (unpaired) electrons. The third-order valence-electron chi connectivity index (χ3n) is 4.07. The Labute approximate surface area is 155 Å². The highest BCUT2D eigenvalue weighted by Gasteiger charge is 2.20. The molecular formula is C18H30N2O2S2. The van der Waals surface area contributed by atoms with Crippen LogP contribution in [0, 0.1) is 13.8 Å². The van der Waals surface area contributed by atoms with E-state index < -0.39 is 0 Å². The van der Waals surface area contributed by atoms with E-state index in [9.17, 15) is 4.79 Å². The number of unbranched alkanes of at least 4 members (excludes halogenated alkanes) is 6. The summed E-state index contributed by atoms with van der Waals surface area (Å²) in [5, 5.41) is 7.69. The van der Waals surface area contributed by atoms with Crippen LogP contribution < -0.4 is 10.6 Å². The number of methoxy groups -OCH3 is 1. The third kappa shape index (κ3) is 6.77. The molecule has 0 saturated heterocycles. The van der Waals surface area contributed by atoms with Gasteiger partial charge in [-0.25, -0.2) is 4.79 Å². The van der Waals surface area contributed by atoms with Gasteiger partial charge in [-0.2, -0.15) is 0 Å². The van der Waals surface area contributed by atoms with E-state index in [0.29, 0.717) is 10.7 Å². The van der Waals surface area contributed by atoms with Crippen molar-refractivity contribution < 1.29 is 9.53 Å². The predicted octanol–water partition coefficient (Wildman–Crippen LogP) is 5.19. The van der Waals surface area contributed by atoms with Crippen LogP contribution in [0.15, 0.2) is 0 Å². The molecule has 0 aliphatic carbocycles. The summed E-state index contributed by atoms with van der Waals surface area (Å²) in [6, 6.07) is 0. The van der Waals surface area contributed by atoms with Crippen molar-refractivity contribution in [3.8, 4) is 0 Å². The zero-order valence-corrected chi connectivity index (χ0v) is 16.9. The second-order valence-corrected chi connectivity index (χ2v) is 7.61. The van der Waals surface area contributed by atoms with E-state index in [2.05, 4.69) is 17.6 Å². The van der Waals surface area contributed by atoms with Crippen LogP contribution >= 0.6 is 23.6 Å². The van der Waals surface area contributed by atoms with E-state index in [1.807, 2.05) is 13.8 Å². The molecule has 0 spiro atoms. The molecule has 6 heteroatoms. The number of hydrogen-bond donors (Lipinski definition) is 2. The molecule has 4 nitrogen and oxygen atoms in total. The van der Waals surface area contributed by atoms with Crippen molar-refractivity contribution in [1.82, 2.24) is 5.32 Å². The standard InChI is InChI=1S/C18H30N2O2S2/c1-5-6-7-8-9-10-11-12-19-18(23)20-16-15(17(21)22-4)13(2)14(3)24-16/h5-12H2,1-4H3,(H2,19,20,23). The van der Waals surface area contributed by atoms with Gasteiger partial charge in [0.1, 0.15) is 5.00 Å². The van der Waals surface area contributed by atoms with Crippen LogP contribution in [0.3, 0.4) is 0 Å². The third-order valence-corrected chi connectivity index (χ3v) is 5.44. The molecular weight excluding hydrogens is 340 g/mol. The second-order valence-electron chi connectivity index (χ2n) is 5.98. The summed E-state index contributed by atoms with van der Waals surface area (Å²) in [5.74, 6) is -0.325. The first-order valence-corrected chi connectivity index (χ1v) is 9.96. The number of thiophene rings is 1. The maximum Gasteiger partial charge on any atom is 0.341 e. The Morgan fingerprint density at radius 1 is 1.12 bits per heavy atom. The van der Waals surface area contributed by atoms with Crippen molar-refractivity contribution in [2.45, 2.75) is 65.7 Å². The lowest BCUT2D eigenvalue weighted by Crippen LogP contribution is -2.29. The van der Waals surface area contributed by atoms with Gasteiger partial charge in [-0.15, -0.1) is 11.3 Å². The minimum absolute atomic E-state index is 0.325. The maximum absolute atomic E-state index is 11.9. The number of carbonyl (C=O) groups is 1. The Morgan fingerprint density at radius 2 is 1.75 bits per heavy atom. The molecule has 1 aromatic heterocycles. The smallest absolute Gasteiger partial charge is 0.341 e. The van der Waals surface area contributed by atoms with Crippen molar-refractivity contribution in [1.29, 1.82) is 0 Å². The topological polar surface area (TPSA) is 50.4 Å². The SMILES string of the molecule is CCCCCCCCCNC(=S)Nc1sc(C)c(C)c1C(=O)OC. The fraction of sp³-hybridized carbons (Fsp3) is 0.667. The molecule has 0 aromatic carbocycles. The summed E-state index contributed by atoms with van der Waals surface area (Å²) in [4.78, 5) is 13.0. The molecule has 1 rings (SSSR count). The van der Waals surface area contributed by atoms with Crippen molar-refractivity contribution in [2.24, 2.45) is 0 Å². The molecule has 0 unspecified atom stereocenters. The Kier molecular flexibility index (Phi) is 9.95. The molecule has 0 bridgehead atoms. The van der Waals surface area contributed by atoms with Crippen LogP contribution in [-0.2, 0) is 4.74 Å². The second kappa shape index (κ2) is 11.4. The van der Waals surface area contributed by atoms with Gasteiger partial charge in [0.2, 0.25) is 0 Å². The highest BCUT2D eigenvalue weighted by atomic mass is 32.1. The number of thiocarbonyl (C=S) groups is 1. The summed E-state index contributed by atoms with van der Waals surface area (Å²) in [6.07, 6.45) is 8.93. The first-order valence-electron chi connectivity index (χ1n) is 8.74. The number of carbonyl (C=O) groups excluding carboxylic acids is 1. The molecule has 0 atom stereocenters. The van der Waals surface area contributed by atoms with Gasteiger partial charge in [-0.05, 0) is 38.0 Å². The van der Waals surface area contributed by atoms with Crippen molar-refractivity contribution in [3.63, 3.8) is 0 Å². The van der Waals surface area contributed by atoms with Gasteiger partial charge >= 0.3 is 5.97 Å². The van der Waals surface area contributed by atoms with Crippen LogP contribution in [0.5, 0.6) is 0 Å². The van der Waals surface area contributed by atoms with Crippen LogP contribution in [0.1, 0.15) is 72.7 Å². The van der Waals surface area contributed by atoms with E-state index in [-0.39, 0.29) is 5.97 Å². The predicted molar refractivity (Wildman–Crippen MR) is 107 cm³/mol. The van der Waals surface area contributed by atoms with E-state index in [4.69, 9.17) is 17.0 Å². The van der Waals surface area contributed by atoms with E-state index in [1.54, 1.807) is 0 Å². The average Bonchev–Trinajstić information content (AvgIpc) is 2.83. The van der Waals surface area contributed by atoms with E-state index in [0.717, 1.165) is 28.4 Å². The van der Waals surface area contributed by atoms with Crippen LogP contribution in [0.25, 0.3) is 0 Å². The fourth-order valence-electron chi connectivity index (χ4n) is 2.49. The summed E-state index contributed by atoms with van der Waals surface area (Å²) < 4.78 is 4.87. The molecule has 1 aromatic rings. The van der Waals surface area contributed by atoms with Gasteiger partial charge < -0.3 is 15.4 Å². The Morgan fingerprint density at radius 3 is 2.38 bits per heavy atom. The quantitative estimate of drug-likeness (QED) is 0.337. The lowest BCUT2D eigenvalue weighted by molar-refractivity contribution is 0.0601. The highest BCUT2D eigenvalue weighted by Crippen LogP contribution is 2.32. The molecule has 0 aliphatic heterocycles. The molecule has 24 heavy (non-hydrogen) atoms. The lowest BCUT2D eigenvalue weighted by atomic mass is 10.1. The van der Waals surface area contributed by atoms with Gasteiger partial charge in [0, 0.05) is 11.4 Å². The summed E-state index contributed by atoms with van der Waals surface area (Å²) in [5.41, 5.74) is 1.53. The van der Waals surface area contributed by atoms with Gasteiger partial charge in [0.25, 0.3) is 0 Å². The number of aryl methyl sites for hydroxylation is 1. The molecule has 0 fully saturated rings. The van der Waals surface area contributed by atoms with Crippen LogP contribution in [0.4, 0.5) is 5.00 Å². The molecule has 2 N–H and O–H groups in total. The van der Waals surface area contributed by atoms with Gasteiger partial charge in [-0.1, -0.05) is 45.4 Å². The molecule has 0 amide bonds. The minimum Gasteiger partial charge on any atom is -0.465 e. The summed E-state index contributed by atoms with van der Waals surface area (Å²) >= 11 is 6.87. The van der Waals surface area contributed by atoms with E-state index >= 15 is 0 Å². The maximum atomic E-state index is 11.9. The van der Waals surface area contributed by atoms with Gasteiger partial charge in [0.05, 0.1) is 12.7 Å². The fourth-order valence-corrected chi connectivity index (χ4v) is 3.82. The number of nitrogens with one attached hydrogen (secondary N) is 2. The first-order chi connectivity index (χ1) is 11.5. The largest absolute Gasteiger partial charge is 0.465 e. The number of ether oxygens (including phenoxy) is 1. The first kappa shape index (κ1) is 20.9. The van der Waals surface area contributed by atoms with E-state index in [1.165, 1.54) is 57.0 Å². The van der Waals surface area contributed by atoms with Gasteiger partial charge in [0.15, 0.2) is 5.11 Å². The zero-order chi connectivity index (χ0) is 17.9. The number of esters is 1. The number of rotatable bonds is 10. The number of anilines is 1. The van der Waals surface area contributed by atoms with Crippen LogP contribution in [0.2, 0.25) is 0 Å². The highest BCUT2D eigenvalue weighted by molar-refractivity contribution is 7.80. The Hall–Kier alpha value is -1.14. The molecule has 0 saturated carbocycles. The lowest BCUT2D eigenvalue weighted by Gasteiger charge is -2.10. The zero-order valence-electron chi connectivity index (χ0n) is 15.3. The molecule has 0 aliphatic rings. The normalized spacial score (nSPS) is 10.5. The van der Waals surface area contributed by atoms with Crippen molar-refractivity contribution >= 4 is 39.6 Å². The number of hydrogen-bond acceptors (Lipinski definition) is 4. The minimum atomic E-state index is -0.325.